The van der Waals surface area contributed by atoms with E-state index in [1.807, 2.05) is 18.2 Å². The highest BCUT2D eigenvalue weighted by molar-refractivity contribution is 9.10. The number of rotatable bonds is 1. The lowest BCUT2D eigenvalue weighted by molar-refractivity contribution is 0.476. The number of phenols is 1. The van der Waals surface area contributed by atoms with Crippen LogP contribution in [0.3, 0.4) is 0 Å². The van der Waals surface area contributed by atoms with Gasteiger partial charge in [0.05, 0.1) is 11.0 Å². The Morgan fingerprint density at radius 2 is 2.00 bits per heavy atom. The van der Waals surface area contributed by atoms with Crippen LogP contribution in [-0.2, 0) is 0 Å². The average molecular weight is 304 g/mol. The Morgan fingerprint density at radius 1 is 1.17 bits per heavy atom. The molecule has 0 amide bonds. The molecule has 4 N–H and O–H groups in total. The van der Waals surface area contributed by atoms with Crippen molar-refractivity contribution >= 4 is 32.7 Å². The minimum Gasteiger partial charge on any atom is -0.508 e. The van der Waals surface area contributed by atoms with Crippen LogP contribution in [-0.4, -0.2) is 15.1 Å². The zero-order valence-electron chi connectivity index (χ0n) is 9.31. The number of anilines is 1. The van der Waals surface area contributed by atoms with Crippen LogP contribution in [0.25, 0.3) is 22.4 Å². The Hall–Kier alpha value is -2.01. The quantitative estimate of drug-likeness (QED) is 0.604. The zero-order chi connectivity index (χ0) is 12.7. The van der Waals surface area contributed by atoms with Crippen LogP contribution in [0.1, 0.15) is 0 Å². The second kappa shape index (κ2) is 4.03. The first-order valence-corrected chi connectivity index (χ1v) is 6.17. The van der Waals surface area contributed by atoms with Crippen LogP contribution in [0.2, 0.25) is 0 Å². The van der Waals surface area contributed by atoms with Crippen LogP contribution < -0.4 is 5.73 Å². The van der Waals surface area contributed by atoms with Crippen LogP contribution >= 0.6 is 15.9 Å². The van der Waals surface area contributed by atoms with E-state index < -0.39 is 0 Å². The van der Waals surface area contributed by atoms with Gasteiger partial charge in [-0.2, -0.15) is 0 Å². The van der Waals surface area contributed by atoms with Gasteiger partial charge in [-0.15, -0.1) is 0 Å². The number of aromatic nitrogens is 2. The molecule has 0 fully saturated rings. The van der Waals surface area contributed by atoms with Crippen molar-refractivity contribution in [2.75, 3.05) is 5.73 Å². The number of nitrogens with zero attached hydrogens (tertiary/aromatic N) is 1. The number of phenolic OH excluding ortho intramolecular Hbond substituents is 1. The van der Waals surface area contributed by atoms with Gasteiger partial charge in [-0.25, -0.2) is 4.98 Å². The minimum atomic E-state index is 0.210. The fourth-order valence-electron chi connectivity index (χ4n) is 1.87. The number of hydrogen-bond acceptors (Lipinski definition) is 3. The summed E-state index contributed by atoms with van der Waals surface area (Å²) in [6, 6.07) is 10.7. The van der Waals surface area contributed by atoms with E-state index in [9.17, 15) is 5.11 Å². The van der Waals surface area contributed by atoms with Gasteiger partial charge in [0.15, 0.2) is 0 Å². The molecule has 0 aliphatic heterocycles. The van der Waals surface area contributed by atoms with Crippen LogP contribution in [0, 0.1) is 0 Å². The van der Waals surface area contributed by atoms with Crippen molar-refractivity contribution in [1.29, 1.82) is 0 Å². The molecule has 0 unspecified atom stereocenters. The van der Waals surface area contributed by atoms with Crippen molar-refractivity contribution in [3.63, 3.8) is 0 Å². The molecule has 5 heteroatoms. The van der Waals surface area contributed by atoms with E-state index in [-0.39, 0.29) is 5.75 Å². The number of nitrogen functional groups attached to an aromatic ring is 1. The monoisotopic (exact) mass is 303 g/mol. The first-order chi connectivity index (χ1) is 8.63. The van der Waals surface area contributed by atoms with E-state index in [1.54, 1.807) is 18.2 Å². The summed E-state index contributed by atoms with van der Waals surface area (Å²) in [4.78, 5) is 7.60. The number of nitrogens with one attached hydrogen (secondary N) is 1. The Labute approximate surface area is 112 Å². The summed E-state index contributed by atoms with van der Waals surface area (Å²) in [5.41, 5.74) is 9.03. The number of aromatic amines is 1. The molecule has 1 aromatic heterocycles. The minimum absolute atomic E-state index is 0.210. The largest absolute Gasteiger partial charge is 0.508 e. The number of imidazole rings is 1. The summed E-state index contributed by atoms with van der Waals surface area (Å²) in [5.74, 6) is 0.905. The Bertz CT molecular complexity index is 736. The van der Waals surface area contributed by atoms with E-state index >= 15 is 0 Å². The Morgan fingerprint density at radius 3 is 2.78 bits per heavy atom. The Balaban J connectivity index is 2.19. The highest BCUT2D eigenvalue weighted by Crippen LogP contribution is 2.29. The van der Waals surface area contributed by atoms with Gasteiger partial charge in [-0.3, -0.25) is 0 Å². The maximum Gasteiger partial charge on any atom is 0.140 e. The third-order valence-electron chi connectivity index (χ3n) is 2.73. The SMILES string of the molecule is Nc1cc(Br)ccc1-c1nc2ccc(O)cc2[nH]1. The first kappa shape index (κ1) is 11.1. The molecule has 1 heterocycles. The maximum absolute atomic E-state index is 9.42. The molecule has 0 aliphatic rings. The molecule has 3 rings (SSSR count). The molecular formula is C13H10BrN3O. The van der Waals surface area contributed by atoms with Gasteiger partial charge in [-0.05, 0) is 30.3 Å². The predicted molar refractivity (Wildman–Crippen MR) is 75.3 cm³/mol. The summed E-state index contributed by atoms with van der Waals surface area (Å²) in [7, 11) is 0. The van der Waals surface area contributed by atoms with E-state index in [1.165, 1.54) is 0 Å². The van der Waals surface area contributed by atoms with Crippen molar-refractivity contribution in [1.82, 2.24) is 9.97 Å². The zero-order valence-corrected chi connectivity index (χ0v) is 10.9. The predicted octanol–water partition coefficient (Wildman–Crippen LogP) is 3.28. The second-order valence-corrected chi connectivity index (χ2v) is 4.93. The van der Waals surface area contributed by atoms with Gasteiger partial charge >= 0.3 is 0 Å². The molecule has 0 atom stereocenters. The van der Waals surface area contributed by atoms with E-state index in [2.05, 4.69) is 25.9 Å². The van der Waals surface area contributed by atoms with Gasteiger partial charge in [0.25, 0.3) is 0 Å². The standard InChI is InChI=1S/C13H10BrN3O/c14-7-1-3-9(10(15)5-7)13-16-11-4-2-8(18)6-12(11)17-13/h1-6,18H,15H2,(H,16,17). The molecule has 3 aromatic rings. The number of fused-ring (bicyclic) bond motifs is 1. The van der Waals surface area contributed by atoms with Crippen molar-refractivity contribution in [2.45, 2.75) is 0 Å². The molecule has 0 saturated carbocycles. The van der Waals surface area contributed by atoms with Gasteiger partial charge in [0, 0.05) is 21.8 Å². The second-order valence-electron chi connectivity index (χ2n) is 4.02. The van der Waals surface area contributed by atoms with Crippen molar-refractivity contribution in [3.8, 4) is 17.1 Å². The highest BCUT2D eigenvalue weighted by atomic mass is 79.9. The molecular weight excluding hydrogens is 294 g/mol. The topological polar surface area (TPSA) is 74.9 Å². The molecule has 90 valence electrons. The molecule has 0 bridgehead atoms. The van der Waals surface area contributed by atoms with E-state index in [4.69, 9.17) is 5.73 Å². The summed E-state index contributed by atoms with van der Waals surface area (Å²) in [5, 5.41) is 9.42. The number of hydrogen-bond donors (Lipinski definition) is 3. The summed E-state index contributed by atoms with van der Waals surface area (Å²) in [6.45, 7) is 0. The van der Waals surface area contributed by atoms with E-state index in [0.29, 0.717) is 11.5 Å². The van der Waals surface area contributed by atoms with Gasteiger partial charge < -0.3 is 15.8 Å². The molecule has 0 spiro atoms. The molecule has 0 aliphatic carbocycles. The van der Waals surface area contributed by atoms with Crippen molar-refractivity contribution < 1.29 is 5.11 Å². The number of halogens is 1. The third kappa shape index (κ3) is 1.82. The van der Waals surface area contributed by atoms with Crippen LogP contribution in [0.4, 0.5) is 5.69 Å². The normalized spacial score (nSPS) is 10.9. The fraction of sp³-hybridized carbons (Fsp3) is 0. The van der Waals surface area contributed by atoms with Crippen LogP contribution in [0.15, 0.2) is 40.9 Å². The first-order valence-electron chi connectivity index (χ1n) is 5.37. The van der Waals surface area contributed by atoms with Crippen molar-refractivity contribution in [2.24, 2.45) is 0 Å². The lowest BCUT2D eigenvalue weighted by Crippen LogP contribution is -1.91. The molecule has 0 radical (unpaired) electrons. The average Bonchev–Trinajstić information content (AvgIpc) is 2.71. The van der Waals surface area contributed by atoms with E-state index in [0.717, 1.165) is 21.1 Å². The summed E-state index contributed by atoms with van der Waals surface area (Å²) < 4.78 is 0.928. The van der Waals surface area contributed by atoms with Gasteiger partial charge in [0.2, 0.25) is 0 Å². The summed E-state index contributed by atoms with van der Waals surface area (Å²) in [6.07, 6.45) is 0. The number of H-pyrrole nitrogens is 1. The smallest absolute Gasteiger partial charge is 0.140 e. The fourth-order valence-corrected chi connectivity index (χ4v) is 2.25. The Kier molecular flexibility index (Phi) is 2.48. The van der Waals surface area contributed by atoms with Gasteiger partial charge in [0.1, 0.15) is 11.6 Å². The van der Waals surface area contributed by atoms with Crippen molar-refractivity contribution in [3.05, 3.63) is 40.9 Å². The molecule has 0 saturated heterocycles. The molecule has 4 nitrogen and oxygen atoms in total. The number of aromatic hydroxyl groups is 1. The van der Waals surface area contributed by atoms with Gasteiger partial charge in [-0.1, -0.05) is 15.9 Å². The van der Waals surface area contributed by atoms with Crippen LogP contribution in [0.5, 0.6) is 5.75 Å². The lowest BCUT2D eigenvalue weighted by Gasteiger charge is -2.02. The highest BCUT2D eigenvalue weighted by Gasteiger charge is 2.08. The maximum atomic E-state index is 9.42. The lowest BCUT2D eigenvalue weighted by atomic mass is 10.2. The molecule has 2 aromatic carbocycles. The number of benzene rings is 2. The summed E-state index contributed by atoms with van der Waals surface area (Å²) >= 11 is 3.37. The number of nitrogens with two attached hydrogens (primary N) is 1. The third-order valence-corrected chi connectivity index (χ3v) is 3.23. The molecule has 18 heavy (non-hydrogen) atoms.